The summed E-state index contributed by atoms with van der Waals surface area (Å²) in [6.45, 7) is 1.65. The molecule has 0 saturated heterocycles. The Morgan fingerprint density at radius 3 is 2.81 bits per heavy atom. The van der Waals surface area contributed by atoms with Crippen LogP contribution < -0.4 is 10.5 Å². The van der Waals surface area contributed by atoms with E-state index in [0.29, 0.717) is 21.9 Å². The van der Waals surface area contributed by atoms with Crippen LogP contribution in [-0.2, 0) is 9.59 Å². The maximum Gasteiger partial charge on any atom is 0.313 e. The molecule has 1 unspecified atom stereocenters. The van der Waals surface area contributed by atoms with Crippen LogP contribution in [0.3, 0.4) is 0 Å². The number of imidazole rings is 1. The van der Waals surface area contributed by atoms with Gasteiger partial charge in [-0.15, -0.1) is 0 Å². The van der Waals surface area contributed by atoms with E-state index in [1.165, 1.54) is 0 Å². The minimum absolute atomic E-state index is 0.147. The summed E-state index contributed by atoms with van der Waals surface area (Å²) >= 11 is 1.04. The molecule has 1 atom stereocenters. The van der Waals surface area contributed by atoms with E-state index in [9.17, 15) is 9.59 Å². The predicted octanol–water partition coefficient (Wildman–Crippen LogP) is 1.27. The molecule has 0 aliphatic heterocycles. The average Bonchev–Trinajstić information content (AvgIpc) is 2.81. The van der Waals surface area contributed by atoms with E-state index in [0.717, 1.165) is 11.8 Å². The number of methoxy groups -OCH3 is 1. The molecule has 0 aliphatic carbocycles. The van der Waals surface area contributed by atoms with Crippen LogP contribution in [0, 0.1) is 0 Å². The molecule has 1 amide bonds. The zero-order valence-electron chi connectivity index (χ0n) is 11.6. The molecule has 0 fully saturated rings. The van der Waals surface area contributed by atoms with Crippen LogP contribution in [0.2, 0.25) is 0 Å². The highest BCUT2D eigenvalue weighted by Gasteiger charge is 2.21. The molecule has 0 aliphatic rings. The zero-order chi connectivity index (χ0) is 15.6. The number of aromatic nitrogens is 2. The lowest BCUT2D eigenvalue weighted by atomic mass is 10.2. The van der Waals surface area contributed by atoms with Gasteiger partial charge in [0.15, 0.2) is 5.16 Å². The fraction of sp³-hybridized carbons (Fsp3) is 0.308. The van der Waals surface area contributed by atoms with Crippen molar-refractivity contribution in [3.8, 4) is 5.75 Å². The second-order valence-electron chi connectivity index (χ2n) is 4.38. The van der Waals surface area contributed by atoms with Crippen molar-refractivity contribution in [2.75, 3.05) is 12.9 Å². The maximum absolute atomic E-state index is 11.5. The highest BCUT2D eigenvalue weighted by molar-refractivity contribution is 7.99. The van der Waals surface area contributed by atoms with Gasteiger partial charge in [-0.05, 0) is 19.1 Å². The Morgan fingerprint density at radius 1 is 1.52 bits per heavy atom. The van der Waals surface area contributed by atoms with Gasteiger partial charge in [-0.3, -0.25) is 9.59 Å². The zero-order valence-corrected chi connectivity index (χ0v) is 12.4. The number of thioether (sulfide) groups is 1. The number of primary amides is 1. The second kappa shape index (κ2) is 6.04. The SMILES string of the molecule is COc1ccc2nc(SCC(=O)O)n(C(C)C(N)=O)c2c1. The lowest BCUT2D eigenvalue weighted by Gasteiger charge is -2.14. The molecular formula is C13H15N3O4S. The number of rotatable bonds is 6. The average molecular weight is 309 g/mol. The molecule has 8 heteroatoms. The van der Waals surface area contributed by atoms with E-state index in [1.54, 1.807) is 36.8 Å². The maximum atomic E-state index is 11.5. The van der Waals surface area contributed by atoms with Crippen LogP contribution in [0.25, 0.3) is 11.0 Å². The molecule has 1 heterocycles. The fourth-order valence-corrected chi connectivity index (χ4v) is 2.72. The van der Waals surface area contributed by atoms with Crippen molar-refractivity contribution < 1.29 is 19.4 Å². The first-order valence-electron chi connectivity index (χ1n) is 6.14. The molecule has 0 radical (unpaired) electrons. The van der Waals surface area contributed by atoms with Gasteiger partial charge in [-0.1, -0.05) is 11.8 Å². The number of nitrogens with two attached hydrogens (primary N) is 1. The smallest absolute Gasteiger partial charge is 0.313 e. The Morgan fingerprint density at radius 2 is 2.24 bits per heavy atom. The van der Waals surface area contributed by atoms with E-state index in [2.05, 4.69) is 4.98 Å². The Kier molecular flexibility index (Phi) is 4.37. The van der Waals surface area contributed by atoms with E-state index in [-0.39, 0.29) is 5.75 Å². The number of fused-ring (bicyclic) bond motifs is 1. The van der Waals surface area contributed by atoms with Crippen LogP contribution in [0.5, 0.6) is 5.75 Å². The van der Waals surface area contributed by atoms with Gasteiger partial charge < -0.3 is 20.1 Å². The quantitative estimate of drug-likeness (QED) is 0.778. The van der Waals surface area contributed by atoms with Gasteiger partial charge in [0.1, 0.15) is 11.8 Å². The lowest BCUT2D eigenvalue weighted by molar-refractivity contribution is -0.133. The fourth-order valence-electron chi connectivity index (χ4n) is 1.91. The predicted molar refractivity (Wildman–Crippen MR) is 78.6 cm³/mol. The second-order valence-corrected chi connectivity index (χ2v) is 5.32. The van der Waals surface area contributed by atoms with Gasteiger partial charge in [0.25, 0.3) is 0 Å². The summed E-state index contributed by atoms with van der Waals surface area (Å²) in [4.78, 5) is 26.6. The summed E-state index contributed by atoms with van der Waals surface area (Å²) in [7, 11) is 1.54. The van der Waals surface area contributed by atoms with Crippen molar-refractivity contribution in [1.29, 1.82) is 0 Å². The third kappa shape index (κ3) is 3.10. The van der Waals surface area contributed by atoms with Crippen LogP contribution >= 0.6 is 11.8 Å². The molecule has 3 N–H and O–H groups in total. The number of carboxylic acids is 1. The summed E-state index contributed by atoms with van der Waals surface area (Å²) in [5.41, 5.74) is 6.69. The minimum atomic E-state index is -0.956. The van der Waals surface area contributed by atoms with Gasteiger partial charge in [-0.2, -0.15) is 0 Å². The lowest BCUT2D eigenvalue weighted by Crippen LogP contribution is -2.24. The molecule has 0 spiro atoms. The number of carbonyl (C=O) groups is 2. The Balaban J connectivity index is 2.57. The molecule has 112 valence electrons. The van der Waals surface area contributed by atoms with Gasteiger partial charge in [-0.25, -0.2) is 4.98 Å². The summed E-state index contributed by atoms with van der Waals surface area (Å²) in [6.07, 6.45) is 0. The van der Waals surface area contributed by atoms with Crippen LogP contribution in [-0.4, -0.2) is 39.4 Å². The van der Waals surface area contributed by atoms with Crippen molar-refractivity contribution in [2.45, 2.75) is 18.1 Å². The van der Waals surface area contributed by atoms with Gasteiger partial charge in [0.05, 0.1) is 23.9 Å². The summed E-state index contributed by atoms with van der Waals surface area (Å²) in [6, 6.07) is 4.61. The molecule has 2 rings (SSSR count). The van der Waals surface area contributed by atoms with E-state index >= 15 is 0 Å². The largest absolute Gasteiger partial charge is 0.497 e. The molecule has 0 bridgehead atoms. The highest BCUT2D eigenvalue weighted by Crippen LogP contribution is 2.30. The Hall–Kier alpha value is -2.22. The molecule has 1 aromatic heterocycles. The number of hydrogen-bond acceptors (Lipinski definition) is 5. The van der Waals surface area contributed by atoms with E-state index in [1.807, 2.05) is 0 Å². The number of nitrogens with zero attached hydrogens (tertiary/aromatic N) is 2. The first-order chi connectivity index (χ1) is 9.93. The molecule has 7 nitrogen and oxygen atoms in total. The highest BCUT2D eigenvalue weighted by atomic mass is 32.2. The molecule has 21 heavy (non-hydrogen) atoms. The van der Waals surface area contributed by atoms with Crippen LogP contribution in [0.1, 0.15) is 13.0 Å². The van der Waals surface area contributed by atoms with Crippen molar-refractivity contribution in [3.05, 3.63) is 18.2 Å². The molecule has 2 aromatic rings. The van der Waals surface area contributed by atoms with Gasteiger partial charge in [0, 0.05) is 6.07 Å². The number of carboxylic acid groups (broad SMARTS) is 1. The van der Waals surface area contributed by atoms with Crippen LogP contribution in [0.15, 0.2) is 23.4 Å². The standard InChI is InChI=1S/C13H15N3O4S/c1-7(12(14)19)16-10-5-8(20-2)3-4-9(10)15-13(16)21-6-11(17)18/h3-5,7H,6H2,1-2H3,(H2,14,19)(H,17,18). The van der Waals surface area contributed by atoms with Crippen molar-refractivity contribution in [3.63, 3.8) is 0 Å². The number of amides is 1. The van der Waals surface area contributed by atoms with Crippen molar-refractivity contribution in [2.24, 2.45) is 5.73 Å². The summed E-state index contributed by atoms with van der Waals surface area (Å²) in [5, 5.41) is 9.24. The Bertz CT molecular complexity index is 698. The van der Waals surface area contributed by atoms with Crippen LogP contribution in [0.4, 0.5) is 0 Å². The third-order valence-corrected chi connectivity index (χ3v) is 3.93. The number of aliphatic carboxylic acids is 1. The Labute approximate surface area is 125 Å². The normalized spacial score (nSPS) is 12.3. The van der Waals surface area contributed by atoms with E-state index in [4.69, 9.17) is 15.6 Å². The summed E-state index contributed by atoms with van der Waals surface area (Å²) < 4.78 is 6.80. The van der Waals surface area contributed by atoms with E-state index < -0.39 is 17.9 Å². The first-order valence-corrected chi connectivity index (χ1v) is 7.12. The molecule has 0 saturated carbocycles. The van der Waals surface area contributed by atoms with Crippen molar-refractivity contribution >= 4 is 34.7 Å². The summed E-state index contributed by atoms with van der Waals surface area (Å²) in [5.74, 6) is -1.00. The minimum Gasteiger partial charge on any atom is -0.497 e. The number of carbonyl (C=O) groups excluding carboxylic acids is 1. The van der Waals surface area contributed by atoms with Gasteiger partial charge in [0.2, 0.25) is 5.91 Å². The van der Waals surface area contributed by atoms with Crippen molar-refractivity contribution in [1.82, 2.24) is 9.55 Å². The number of hydrogen-bond donors (Lipinski definition) is 2. The topological polar surface area (TPSA) is 107 Å². The molecular weight excluding hydrogens is 294 g/mol. The third-order valence-electron chi connectivity index (χ3n) is 2.99. The van der Waals surface area contributed by atoms with Gasteiger partial charge >= 0.3 is 5.97 Å². The number of benzene rings is 1. The monoisotopic (exact) mass is 309 g/mol. The number of ether oxygens (including phenoxy) is 1. The molecule has 1 aromatic carbocycles. The first kappa shape index (κ1) is 15.2.